The van der Waals surface area contributed by atoms with Gasteiger partial charge in [-0.25, -0.2) is 34.7 Å². The first-order valence-electron chi connectivity index (χ1n) is 23.8. The summed E-state index contributed by atoms with van der Waals surface area (Å²) in [6.45, 7) is -5.40. The molecule has 5 rings (SSSR count). The van der Waals surface area contributed by atoms with Crippen LogP contribution in [0.4, 0.5) is 0 Å². The Labute approximate surface area is 525 Å². The highest BCUT2D eigenvalue weighted by molar-refractivity contribution is 7.84. The van der Waals surface area contributed by atoms with Crippen molar-refractivity contribution in [3.8, 4) is 0 Å². The average molecular weight is 1570 g/mol. The molecule has 5 aliphatic heterocycles. The van der Waals surface area contributed by atoms with Crippen LogP contribution in [0.25, 0.3) is 0 Å². The van der Waals surface area contributed by atoms with Crippen LogP contribution in [0.1, 0.15) is 0 Å². The SMILES string of the molecule is O=C(O)[C@H]1O[C@@H](O[C@H]2[C@H](OS(=O)(=O)O)[C@@H](NS(=O)(=O)O)[C@H](O[C@H]3[C@H](OS(=O)(=O)O)[C@@H](OS(=O)(=O)O)[C@H](O[C@H]4[C@H](O)[C@@H](NS(=O)(=O)O)[C@@H](O)O[C@@H]4COS(=O)(=O)O)O[C@H]3C(=O)O)O[C@@H]2COS(=O)(=O)O)[C@H](O)[C@@H](O)[C@@H]1O[C@H]1O[C@H](COS(=O)(=O)O)[C@@H](O)[C@H](O)[C@H]1NS(=O)(=O)O. The number of hydrogen-bond donors (Lipinski definition) is 20. The molecular formula is C30H51N3O52S9. The molecule has 64 heteroatoms. The molecule has 0 unspecified atom stereocenters. The van der Waals surface area contributed by atoms with Gasteiger partial charge in [0.1, 0.15) is 104 Å². The summed E-state index contributed by atoms with van der Waals surface area (Å²) in [4.78, 5) is 26.0. The highest BCUT2D eigenvalue weighted by atomic mass is 32.3. The number of rotatable bonds is 31. The van der Waals surface area contributed by atoms with Crippen LogP contribution in [0.5, 0.6) is 0 Å². The zero-order valence-electron chi connectivity index (χ0n) is 44.6. The Morgan fingerprint density at radius 3 is 1.14 bits per heavy atom. The molecule has 0 saturated carbocycles. The van der Waals surface area contributed by atoms with Crippen molar-refractivity contribution in [1.82, 2.24) is 14.2 Å². The van der Waals surface area contributed by atoms with Crippen molar-refractivity contribution in [3.05, 3.63) is 0 Å². The number of aliphatic carboxylic acids is 2. The second-order valence-corrected chi connectivity index (χ2v) is 29.0. The van der Waals surface area contributed by atoms with Gasteiger partial charge in [0.25, 0.3) is 0 Å². The van der Waals surface area contributed by atoms with Crippen LogP contribution in [0.15, 0.2) is 0 Å². The Morgan fingerprint density at radius 1 is 0.319 bits per heavy atom. The first-order valence-corrected chi connectivity index (χ1v) is 36.3. The van der Waals surface area contributed by atoms with E-state index in [9.17, 15) is 163 Å². The lowest BCUT2D eigenvalue weighted by atomic mass is 9.94. The lowest BCUT2D eigenvalue weighted by Crippen LogP contribution is -2.71. The number of ether oxygens (including phenoxy) is 9. The van der Waals surface area contributed by atoms with Crippen molar-refractivity contribution in [2.45, 2.75) is 153 Å². The van der Waals surface area contributed by atoms with Gasteiger partial charge in [-0.1, -0.05) is 0 Å². The summed E-state index contributed by atoms with van der Waals surface area (Å²) in [5, 5.41) is 86.5. The number of carboxylic acid groups (broad SMARTS) is 2. The molecule has 0 bridgehead atoms. The Balaban J connectivity index is 1.66. The second-order valence-electron chi connectivity index (χ2n) is 19.0. The topological polar surface area (TPSA) is 860 Å². The van der Waals surface area contributed by atoms with E-state index in [4.69, 9.17) is 47.2 Å². The Hall–Kier alpha value is -2.83. The lowest BCUT2D eigenvalue weighted by molar-refractivity contribution is -0.371. The molecule has 55 nitrogen and oxygen atoms in total. The van der Waals surface area contributed by atoms with Crippen molar-refractivity contribution < 1.29 is 235 Å². The van der Waals surface area contributed by atoms with Gasteiger partial charge in [0.05, 0.1) is 19.8 Å². The van der Waals surface area contributed by atoms with Gasteiger partial charge in [-0.15, -0.1) is 0 Å². The monoisotopic (exact) mass is 1570 g/mol. The second kappa shape index (κ2) is 30.6. The van der Waals surface area contributed by atoms with Crippen LogP contribution in [0.3, 0.4) is 0 Å². The first-order chi connectivity index (χ1) is 42.3. The third kappa shape index (κ3) is 24.2. The molecule has 20 N–H and O–H groups in total. The van der Waals surface area contributed by atoms with Gasteiger partial charge < -0.3 is 83.5 Å². The van der Waals surface area contributed by atoms with Crippen LogP contribution in [0, 0.1) is 0 Å². The maximum Gasteiger partial charge on any atom is 0.397 e. The van der Waals surface area contributed by atoms with E-state index in [2.05, 4.69) is 25.1 Å². The number of aliphatic hydroxyl groups is 6. The predicted octanol–water partition coefficient (Wildman–Crippen LogP) is -14.6. The van der Waals surface area contributed by atoms with Gasteiger partial charge >= 0.3 is 105 Å². The Morgan fingerprint density at radius 2 is 0.681 bits per heavy atom. The summed E-state index contributed by atoms with van der Waals surface area (Å²) in [7, 11) is -54.1. The predicted molar refractivity (Wildman–Crippen MR) is 268 cm³/mol. The summed E-state index contributed by atoms with van der Waals surface area (Å²) in [5.41, 5.74) is 0. The summed E-state index contributed by atoms with van der Waals surface area (Å²) >= 11 is 0. The van der Waals surface area contributed by atoms with Crippen molar-refractivity contribution >= 4 is 105 Å². The molecule has 0 aromatic heterocycles. The molecule has 5 saturated heterocycles. The molecule has 5 heterocycles. The van der Waals surface area contributed by atoms with Crippen LogP contribution in [0.2, 0.25) is 0 Å². The van der Waals surface area contributed by atoms with Crippen LogP contribution < -0.4 is 14.2 Å². The molecule has 5 fully saturated rings. The summed E-state index contributed by atoms with van der Waals surface area (Å²) in [6, 6.07) is -8.75. The molecule has 552 valence electrons. The molecule has 5 aliphatic rings. The Bertz CT molecular complexity index is 3740. The van der Waals surface area contributed by atoms with Gasteiger partial charge in [-0.3, -0.25) is 41.0 Å². The quantitative estimate of drug-likeness (QED) is 0.0287. The highest BCUT2D eigenvalue weighted by Gasteiger charge is 2.62. The maximum absolute atomic E-state index is 13.2. The van der Waals surface area contributed by atoms with Crippen molar-refractivity contribution in [1.29, 1.82) is 0 Å². The third-order valence-electron chi connectivity index (χ3n) is 12.4. The molecule has 0 spiro atoms. The first kappa shape index (κ1) is 81.8. The molecule has 0 amide bonds. The number of carboxylic acids is 2. The number of carbonyl (C=O) groups is 2. The van der Waals surface area contributed by atoms with Gasteiger partial charge in [0.2, 0.25) is 0 Å². The van der Waals surface area contributed by atoms with Crippen LogP contribution >= 0.6 is 0 Å². The third-order valence-corrected chi connectivity index (χ3v) is 16.8. The molecule has 0 aromatic rings. The van der Waals surface area contributed by atoms with Gasteiger partial charge in [-0.05, 0) is 0 Å². The van der Waals surface area contributed by atoms with E-state index in [1.165, 1.54) is 4.72 Å². The molecule has 0 aromatic carbocycles. The lowest BCUT2D eigenvalue weighted by Gasteiger charge is -2.50. The maximum atomic E-state index is 13.2. The summed E-state index contributed by atoms with van der Waals surface area (Å²) in [5.74, 6) is -5.17. The van der Waals surface area contributed by atoms with E-state index in [0.29, 0.717) is 0 Å². The van der Waals surface area contributed by atoms with Crippen LogP contribution in [-0.4, -0.2) is 343 Å². The number of hydrogen-bond acceptors (Lipinski definition) is 41. The smallest absolute Gasteiger partial charge is 0.397 e. The average Bonchev–Trinajstić information content (AvgIpc) is 0.760. The normalized spacial score (nSPS) is 38.0. The van der Waals surface area contributed by atoms with E-state index in [0.717, 1.165) is 9.44 Å². The van der Waals surface area contributed by atoms with Crippen molar-refractivity contribution in [2.24, 2.45) is 0 Å². The minimum Gasteiger partial charge on any atom is -0.479 e. The molecule has 94 heavy (non-hydrogen) atoms. The fourth-order valence-corrected chi connectivity index (χ4v) is 13.2. The van der Waals surface area contributed by atoms with Crippen LogP contribution in [-0.2, 0) is 171 Å². The Kier molecular flexibility index (Phi) is 26.6. The summed E-state index contributed by atoms with van der Waals surface area (Å²) in [6.07, 6.45) is -67.9. The molecule has 0 aliphatic carbocycles. The van der Waals surface area contributed by atoms with Crippen molar-refractivity contribution in [3.63, 3.8) is 0 Å². The zero-order chi connectivity index (χ0) is 71.9. The number of nitrogens with one attached hydrogen (secondary N) is 3. The minimum atomic E-state index is -6.51. The molecule has 25 atom stereocenters. The van der Waals surface area contributed by atoms with E-state index in [1.807, 2.05) is 0 Å². The zero-order valence-corrected chi connectivity index (χ0v) is 52.0. The van der Waals surface area contributed by atoms with Gasteiger partial charge in [-0.2, -0.15) is 89.9 Å². The highest BCUT2D eigenvalue weighted by Crippen LogP contribution is 2.39. The minimum absolute atomic E-state index is 1.01. The van der Waals surface area contributed by atoms with Crippen molar-refractivity contribution in [2.75, 3.05) is 19.8 Å². The van der Waals surface area contributed by atoms with E-state index in [-0.39, 0.29) is 0 Å². The largest absolute Gasteiger partial charge is 0.479 e. The fourth-order valence-electron chi connectivity index (χ4n) is 9.03. The molecule has 0 radical (unpaired) electrons. The van der Waals surface area contributed by atoms with Gasteiger partial charge in [0, 0.05) is 0 Å². The van der Waals surface area contributed by atoms with E-state index >= 15 is 0 Å². The number of aliphatic hydroxyl groups excluding tert-OH is 6. The van der Waals surface area contributed by atoms with E-state index in [1.54, 1.807) is 0 Å². The van der Waals surface area contributed by atoms with E-state index < -0.39 is 278 Å². The fraction of sp³-hybridized carbons (Fsp3) is 0.933. The van der Waals surface area contributed by atoms with Gasteiger partial charge in [0.15, 0.2) is 49.8 Å². The standard InChI is InChI=1S/C30H51N3O52S9/c34-10-4(1-71-89(53,54)55)75-27(8(11(10)35)32-87(47,48)49)79-18-13(37)14(38)29(81-21(18)24(39)40)78-16-6(3-73-91(59,60)61)76-28(9(33-88(50,51)52)17(16)83-92(62,63)64)80-19-20(84-93(65,66)67)23(85-94(68,69)70)30(82-22(19)25(41)42)77-15-5(2-72-90(56,57)58)74-26(43)7(12(15)36)31-86(44,45)46/h4-23,26-38,43H,1-3H2,(H,39,40)(H,41,42)(H,44,45,46)(H,47,48,49)(H,50,51,52)(H,53,54,55)(H,56,57,58)(H,59,60,61)(H,62,63,64)(H,65,66,67)(H,68,69,70)/t4-,5-,6-,7-,8-,9-,10-,11-,12-,13-,14-,15-,16-,17-,18+,19+,20+,21+,22-,23-,26+,27-,28+,29-,30-/m1/s1. The summed E-state index contributed by atoms with van der Waals surface area (Å²) < 4.78 is 380. The molecular weight excluding hydrogens is 1520 g/mol.